The van der Waals surface area contributed by atoms with Gasteiger partial charge in [0.25, 0.3) is 5.91 Å². The average molecular weight is 281 g/mol. The zero-order valence-electron chi connectivity index (χ0n) is 9.98. The van der Waals surface area contributed by atoms with E-state index >= 15 is 0 Å². The molecule has 2 aromatic rings. The molecule has 0 aliphatic heterocycles. The van der Waals surface area contributed by atoms with Gasteiger partial charge >= 0.3 is 0 Å². The van der Waals surface area contributed by atoms with Crippen molar-refractivity contribution in [1.29, 1.82) is 0 Å². The van der Waals surface area contributed by atoms with Crippen molar-refractivity contribution in [3.8, 4) is 5.75 Å². The molecular weight excluding hydrogens is 271 g/mol. The number of ether oxygens (including phenoxy) is 1. The Morgan fingerprint density at radius 1 is 1.37 bits per heavy atom. The second-order valence-corrected chi connectivity index (χ2v) is 4.05. The van der Waals surface area contributed by atoms with E-state index in [1.165, 1.54) is 43.6 Å². The minimum Gasteiger partial charge on any atom is -0.497 e. The molecule has 2 rings (SSSR count). The molecule has 0 spiro atoms. The zero-order valence-corrected chi connectivity index (χ0v) is 10.7. The van der Waals surface area contributed by atoms with Crippen LogP contribution in [0.5, 0.6) is 5.75 Å². The molecule has 0 saturated heterocycles. The highest BCUT2D eigenvalue weighted by Gasteiger charge is 2.11. The third-order valence-electron chi connectivity index (χ3n) is 2.41. The van der Waals surface area contributed by atoms with Crippen molar-refractivity contribution in [1.82, 2.24) is 4.98 Å². The predicted molar refractivity (Wildman–Crippen MR) is 70.2 cm³/mol. The largest absolute Gasteiger partial charge is 0.497 e. The van der Waals surface area contributed by atoms with Crippen molar-refractivity contribution in [2.75, 3.05) is 12.4 Å². The molecule has 19 heavy (non-hydrogen) atoms. The molecule has 98 valence electrons. The number of nitrogens with one attached hydrogen (secondary N) is 1. The number of nitrogens with zero attached hydrogens (tertiary/aromatic N) is 1. The molecule has 0 radical (unpaired) electrons. The van der Waals surface area contributed by atoms with E-state index in [4.69, 9.17) is 16.3 Å². The molecular formula is C13H10ClFN2O2. The van der Waals surface area contributed by atoms with Crippen LogP contribution in [0, 0.1) is 5.82 Å². The van der Waals surface area contributed by atoms with Gasteiger partial charge in [-0.15, -0.1) is 0 Å². The van der Waals surface area contributed by atoms with Gasteiger partial charge in [0.05, 0.1) is 12.8 Å². The number of halogens is 2. The topological polar surface area (TPSA) is 51.2 Å². The van der Waals surface area contributed by atoms with Crippen LogP contribution in [0.15, 0.2) is 36.5 Å². The van der Waals surface area contributed by atoms with Crippen LogP contribution in [0.1, 0.15) is 10.4 Å². The third-order valence-corrected chi connectivity index (χ3v) is 2.62. The number of hydrogen-bond acceptors (Lipinski definition) is 3. The summed E-state index contributed by atoms with van der Waals surface area (Å²) >= 11 is 5.69. The smallest absolute Gasteiger partial charge is 0.255 e. The summed E-state index contributed by atoms with van der Waals surface area (Å²) in [5, 5.41) is 2.64. The van der Waals surface area contributed by atoms with Crippen molar-refractivity contribution >= 4 is 23.2 Å². The van der Waals surface area contributed by atoms with Crippen molar-refractivity contribution in [2.45, 2.75) is 0 Å². The fourth-order valence-corrected chi connectivity index (χ4v) is 1.64. The minimum absolute atomic E-state index is 0.0392. The van der Waals surface area contributed by atoms with E-state index in [0.717, 1.165) is 0 Å². The first-order chi connectivity index (χ1) is 9.10. The Morgan fingerprint density at radius 3 is 2.84 bits per heavy atom. The van der Waals surface area contributed by atoms with Crippen LogP contribution in [0.25, 0.3) is 0 Å². The van der Waals surface area contributed by atoms with E-state index in [-0.39, 0.29) is 10.8 Å². The summed E-state index contributed by atoms with van der Waals surface area (Å²) in [6.07, 6.45) is 1.40. The Kier molecular flexibility index (Phi) is 3.97. The second kappa shape index (κ2) is 5.67. The number of pyridine rings is 1. The standard InChI is InChI=1S/C13H10ClFN2O2/c1-19-9-2-3-10(15)11(7-9)17-13(18)8-4-5-16-12(14)6-8/h2-7H,1H3,(H,17,18). The van der Waals surface area contributed by atoms with E-state index in [1.807, 2.05) is 0 Å². The molecule has 0 aliphatic rings. The molecule has 0 bridgehead atoms. The Morgan fingerprint density at radius 2 is 2.16 bits per heavy atom. The predicted octanol–water partition coefficient (Wildman–Crippen LogP) is 3.14. The summed E-state index contributed by atoms with van der Waals surface area (Å²) in [6, 6.07) is 6.96. The number of amides is 1. The van der Waals surface area contributed by atoms with Gasteiger partial charge in [-0.25, -0.2) is 9.37 Å². The SMILES string of the molecule is COc1ccc(F)c(NC(=O)c2ccnc(Cl)c2)c1. The van der Waals surface area contributed by atoms with Crippen LogP contribution in [-0.2, 0) is 0 Å². The van der Waals surface area contributed by atoms with Crippen LogP contribution in [0.3, 0.4) is 0 Å². The zero-order chi connectivity index (χ0) is 13.8. The first-order valence-corrected chi connectivity index (χ1v) is 5.74. The number of aromatic nitrogens is 1. The van der Waals surface area contributed by atoms with Crippen LogP contribution >= 0.6 is 11.6 Å². The quantitative estimate of drug-likeness (QED) is 0.879. The Balaban J connectivity index is 2.23. The fourth-order valence-electron chi connectivity index (χ4n) is 1.47. The first-order valence-electron chi connectivity index (χ1n) is 5.36. The molecule has 4 nitrogen and oxygen atoms in total. The minimum atomic E-state index is -0.547. The lowest BCUT2D eigenvalue weighted by Crippen LogP contribution is -2.13. The van der Waals surface area contributed by atoms with E-state index < -0.39 is 11.7 Å². The summed E-state index contributed by atoms with van der Waals surface area (Å²) in [4.78, 5) is 15.7. The summed E-state index contributed by atoms with van der Waals surface area (Å²) < 4.78 is 18.5. The van der Waals surface area contributed by atoms with Gasteiger partial charge in [0.2, 0.25) is 0 Å². The van der Waals surface area contributed by atoms with Gasteiger partial charge < -0.3 is 10.1 Å². The number of anilines is 1. The molecule has 6 heteroatoms. The van der Waals surface area contributed by atoms with Crippen LogP contribution in [0.4, 0.5) is 10.1 Å². The molecule has 0 atom stereocenters. The maximum atomic E-state index is 13.6. The van der Waals surface area contributed by atoms with Gasteiger partial charge in [-0.1, -0.05) is 11.6 Å². The Labute approximate surface area is 114 Å². The van der Waals surface area contributed by atoms with Gasteiger partial charge in [-0.05, 0) is 24.3 Å². The van der Waals surface area contributed by atoms with Crippen molar-refractivity contribution in [3.63, 3.8) is 0 Å². The summed E-state index contributed by atoms with van der Waals surface area (Å²) in [6.45, 7) is 0. The summed E-state index contributed by atoms with van der Waals surface area (Å²) in [5.41, 5.74) is 0.333. The van der Waals surface area contributed by atoms with Crippen molar-refractivity contribution in [2.24, 2.45) is 0 Å². The fraction of sp³-hybridized carbons (Fsp3) is 0.0769. The van der Waals surface area contributed by atoms with Gasteiger partial charge in [0.1, 0.15) is 16.7 Å². The lowest BCUT2D eigenvalue weighted by Gasteiger charge is -2.08. The van der Waals surface area contributed by atoms with Crippen LogP contribution in [-0.4, -0.2) is 18.0 Å². The highest BCUT2D eigenvalue weighted by atomic mass is 35.5. The van der Waals surface area contributed by atoms with Gasteiger partial charge in [-0.2, -0.15) is 0 Å². The summed E-state index contributed by atoms with van der Waals surface area (Å²) in [5.74, 6) is -0.574. The number of rotatable bonds is 3. The summed E-state index contributed by atoms with van der Waals surface area (Å²) in [7, 11) is 1.46. The number of hydrogen-bond donors (Lipinski definition) is 1. The molecule has 0 aliphatic carbocycles. The molecule has 1 aromatic carbocycles. The second-order valence-electron chi connectivity index (χ2n) is 3.67. The molecule has 0 unspecified atom stereocenters. The normalized spacial score (nSPS) is 10.1. The molecule has 1 aromatic heterocycles. The van der Waals surface area contributed by atoms with E-state index in [9.17, 15) is 9.18 Å². The third kappa shape index (κ3) is 3.20. The van der Waals surface area contributed by atoms with Crippen LogP contribution in [0.2, 0.25) is 5.15 Å². The van der Waals surface area contributed by atoms with Gasteiger partial charge in [0, 0.05) is 17.8 Å². The number of methoxy groups -OCH3 is 1. The average Bonchev–Trinajstić information content (AvgIpc) is 2.41. The van der Waals surface area contributed by atoms with Crippen LogP contribution < -0.4 is 10.1 Å². The van der Waals surface area contributed by atoms with E-state index in [1.54, 1.807) is 0 Å². The molecule has 0 fully saturated rings. The van der Waals surface area contributed by atoms with Gasteiger partial charge in [-0.3, -0.25) is 4.79 Å². The van der Waals surface area contributed by atoms with Gasteiger partial charge in [0.15, 0.2) is 0 Å². The van der Waals surface area contributed by atoms with Crippen molar-refractivity contribution in [3.05, 3.63) is 53.1 Å². The lowest BCUT2D eigenvalue weighted by atomic mass is 10.2. The molecule has 1 N–H and O–H groups in total. The first kappa shape index (κ1) is 13.3. The molecule has 1 amide bonds. The number of benzene rings is 1. The molecule has 1 heterocycles. The maximum absolute atomic E-state index is 13.6. The van der Waals surface area contributed by atoms with Crippen molar-refractivity contribution < 1.29 is 13.9 Å². The molecule has 0 saturated carbocycles. The monoisotopic (exact) mass is 280 g/mol. The number of carbonyl (C=O) groups is 1. The maximum Gasteiger partial charge on any atom is 0.255 e. The van der Waals surface area contributed by atoms with E-state index in [2.05, 4.69) is 10.3 Å². The highest BCUT2D eigenvalue weighted by Crippen LogP contribution is 2.21. The lowest BCUT2D eigenvalue weighted by molar-refractivity contribution is 0.102. The Bertz CT molecular complexity index is 619. The highest BCUT2D eigenvalue weighted by molar-refractivity contribution is 6.29. The van der Waals surface area contributed by atoms with E-state index in [0.29, 0.717) is 11.3 Å². The number of carbonyl (C=O) groups excluding carboxylic acids is 1. The Hall–Kier alpha value is -2.14.